The van der Waals surface area contributed by atoms with Crippen LogP contribution in [0.2, 0.25) is 0 Å². The van der Waals surface area contributed by atoms with Crippen LogP contribution in [0.25, 0.3) is 0 Å². The summed E-state index contributed by atoms with van der Waals surface area (Å²) < 4.78 is 5.27. The van der Waals surface area contributed by atoms with Gasteiger partial charge in [0.25, 0.3) is 5.91 Å². The summed E-state index contributed by atoms with van der Waals surface area (Å²) in [5, 5.41) is 11.8. The average molecular weight is 238 g/mol. The smallest absolute Gasteiger partial charge is 0.257 e. The fourth-order valence-corrected chi connectivity index (χ4v) is 1.36. The van der Waals surface area contributed by atoms with Gasteiger partial charge in [-0.15, -0.1) is 0 Å². The maximum Gasteiger partial charge on any atom is 0.257 e. The molecule has 5 nitrogen and oxygen atoms in total. The minimum atomic E-state index is -0.276. The molecule has 1 aromatic heterocycles. The highest BCUT2D eigenvalue weighted by molar-refractivity contribution is 5.96. The van der Waals surface area contributed by atoms with Crippen LogP contribution in [0.4, 0.5) is 0 Å². The number of hydrogen-bond acceptors (Lipinski definition) is 4. The number of nitrogens with one attached hydrogen (secondary N) is 1. The van der Waals surface area contributed by atoms with Gasteiger partial charge in [0.15, 0.2) is 0 Å². The van der Waals surface area contributed by atoms with Crippen molar-refractivity contribution < 1.29 is 14.6 Å². The van der Waals surface area contributed by atoms with Crippen molar-refractivity contribution in [3.63, 3.8) is 0 Å². The van der Waals surface area contributed by atoms with Gasteiger partial charge >= 0.3 is 0 Å². The molecule has 1 rings (SSSR count). The number of pyridine rings is 1. The van der Waals surface area contributed by atoms with Crippen LogP contribution in [0.3, 0.4) is 0 Å². The van der Waals surface area contributed by atoms with Gasteiger partial charge in [-0.2, -0.15) is 0 Å². The third-order valence-electron chi connectivity index (χ3n) is 2.35. The zero-order valence-corrected chi connectivity index (χ0v) is 10.1. The molecule has 0 aromatic carbocycles. The van der Waals surface area contributed by atoms with Crippen molar-refractivity contribution in [3.8, 4) is 5.88 Å². The van der Waals surface area contributed by atoms with Crippen LogP contribution in [-0.2, 0) is 0 Å². The molecule has 94 valence electrons. The van der Waals surface area contributed by atoms with Gasteiger partial charge in [-0.25, -0.2) is 4.98 Å². The number of carbonyl (C=O) groups excluding carboxylic acids is 1. The maximum atomic E-state index is 11.9. The van der Waals surface area contributed by atoms with Crippen molar-refractivity contribution >= 4 is 5.91 Å². The largest absolute Gasteiger partial charge is 0.477 e. The lowest BCUT2D eigenvalue weighted by molar-refractivity contribution is 0.0910. The van der Waals surface area contributed by atoms with E-state index in [1.54, 1.807) is 18.3 Å². The van der Waals surface area contributed by atoms with E-state index in [0.717, 1.165) is 0 Å². The first-order valence-electron chi connectivity index (χ1n) is 5.72. The Labute approximate surface area is 101 Å². The van der Waals surface area contributed by atoms with E-state index in [1.165, 1.54) is 0 Å². The zero-order chi connectivity index (χ0) is 12.7. The van der Waals surface area contributed by atoms with Gasteiger partial charge in [-0.3, -0.25) is 4.79 Å². The molecule has 0 aliphatic rings. The molecule has 0 fully saturated rings. The van der Waals surface area contributed by atoms with Crippen LogP contribution in [0.1, 0.15) is 30.6 Å². The number of carbonyl (C=O) groups is 1. The van der Waals surface area contributed by atoms with E-state index < -0.39 is 0 Å². The highest BCUT2D eigenvalue weighted by Gasteiger charge is 2.16. The second-order valence-electron chi connectivity index (χ2n) is 3.55. The summed E-state index contributed by atoms with van der Waals surface area (Å²) >= 11 is 0. The number of ether oxygens (including phenoxy) is 1. The molecular formula is C12H18N2O3. The Kier molecular flexibility index (Phi) is 5.42. The van der Waals surface area contributed by atoms with Crippen LogP contribution in [0, 0.1) is 0 Å². The van der Waals surface area contributed by atoms with Crippen LogP contribution in [0.15, 0.2) is 18.3 Å². The minimum Gasteiger partial charge on any atom is -0.477 e. The lowest BCUT2D eigenvalue weighted by Gasteiger charge is -2.15. The molecule has 1 aromatic rings. The summed E-state index contributed by atoms with van der Waals surface area (Å²) in [6, 6.07) is 3.09. The first kappa shape index (κ1) is 13.4. The minimum absolute atomic E-state index is 0.0769. The molecular weight excluding hydrogens is 220 g/mol. The van der Waals surface area contributed by atoms with E-state index in [0.29, 0.717) is 24.5 Å². The molecule has 0 spiro atoms. The Hall–Kier alpha value is -1.62. The fraction of sp³-hybridized carbons (Fsp3) is 0.500. The Balaban J connectivity index is 2.80. The molecule has 1 unspecified atom stereocenters. The van der Waals surface area contributed by atoms with E-state index in [1.807, 2.05) is 13.8 Å². The number of hydrogen-bond donors (Lipinski definition) is 2. The summed E-state index contributed by atoms with van der Waals surface area (Å²) in [5.41, 5.74) is 0.390. The molecule has 17 heavy (non-hydrogen) atoms. The third-order valence-corrected chi connectivity index (χ3v) is 2.35. The summed E-state index contributed by atoms with van der Waals surface area (Å²) in [4.78, 5) is 15.9. The monoisotopic (exact) mass is 238 g/mol. The van der Waals surface area contributed by atoms with Crippen molar-refractivity contribution in [2.24, 2.45) is 0 Å². The Bertz CT molecular complexity index is 365. The molecule has 0 aliphatic carbocycles. The van der Waals surface area contributed by atoms with E-state index in [2.05, 4.69) is 10.3 Å². The van der Waals surface area contributed by atoms with Gasteiger partial charge in [0.05, 0.1) is 19.3 Å². The number of rotatable bonds is 6. The maximum absolute atomic E-state index is 11.9. The Morgan fingerprint density at radius 2 is 2.35 bits per heavy atom. The molecule has 0 radical (unpaired) electrons. The first-order chi connectivity index (χ1) is 8.22. The van der Waals surface area contributed by atoms with Gasteiger partial charge in [0.2, 0.25) is 5.88 Å². The van der Waals surface area contributed by atoms with Crippen LogP contribution in [-0.4, -0.2) is 35.3 Å². The molecule has 1 amide bonds. The molecule has 0 bridgehead atoms. The van der Waals surface area contributed by atoms with Crippen molar-refractivity contribution in [1.82, 2.24) is 10.3 Å². The quantitative estimate of drug-likeness (QED) is 0.775. The summed E-state index contributed by atoms with van der Waals surface area (Å²) in [7, 11) is 0. The standard InChI is InChI=1S/C12H18N2O3/c1-3-9(8-15)14-11(16)10-6-5-7-13-12(10)17-4-2/h5-7,9,15H,3-4,8H2,1-2H3,(H,14,16). The molecule has 2 N–H and O–H groups in total. The number of aliphatic hydroxyl groups is 1. The average Bonchev–Trinajstić information content (AvgIpc) is 2.36. The molecule has 1 heterocycles. The van der Waals surface area contributed by atoms with Crippen molar-refractivity contribution in [3.05, 3.63) is 23.9 Å². The fourth-order valence-electron chi connectivity index (χ4n) is 1.36. The van der Waals surface area contributed by atoms with Crippen molar-refractivity contribution in [2.75, 3.05) is 13.2 Å². The zero-order valence-electron chi connectivity index (χ0n) is 10.1. The van der Waals surface area contributed by atoms with Crippen LogP contribution in [0.5, 0.6) is 5.88 Å². The topological polar surface area (TPSA) is 71.5 Å². The summed E-state index contributed by atoms with van der Waals surface area (Å²) in [6.45, 7) is 4.10. The Morgan fingerprint density at radius 1 is 1.59 bits per heavy atom. The third kappa shape index (κ3) is 3.71. The van der Waals surface area contributed by atoms with Gasteiger partial charge < -0.3 is 15.2 Å². The number of aromatic nitrogens is 1. The predicted octanol–water partition coefficient (Wildman–Crippen LogP) is 0.981. The van der Waals surface area contributed by atoms with Gasteiger partial charge in [-0.05, 0) is 25.5 Å². The summed E-state index contributed by atoms with van der Waals surface area (Å²) in [5.74, 6) is 0.0442. The molecule has 0 aliphatic heterocycles. The molecule has 5 heteroatoms. The van der Waals surface area contributed by atoms with Crippen LogP contribution < -0.4 is 10.1 Å². The highest BCUT2D eigenvalue weighted by atomic mass is 16.5. The van der Waals surface area contributed by atoms with E-state index in [4.69, 9.17) is 9.84 Å². The molecule has 0 saturated heterocycles. The second-order valence-corrected chi connectivity index (χ2v) is 3.55. The lowest BCUT2D eigenvalue weighted by Crippen LogP contribution is -2.37. The van der Waals surface area contributed by atoms with E-state index >= 15 is 0 Å². The van der Waals surface area contributed by atoms with Gasteiger partial charge in [0.1, 0.15) is 5.56 Å². The van der Waals surface area contributed by atoms with Crippen molar-refractivity contribution in [2.45, 2.75) is 26.3 Å². The highest BCUT2D eigenvalue weighted by Crippen LogP contribution is 2.14. The molecule has 0 saturated carbocycles. The second kappa shape index (κ2) is 6.85. The number of aliphatic hydroxyl groups excluding tert-OH is 1. The van der Waals surface area contributed by atoms with E-state index in [-0.39, 0.29) is 18.6 Å². The van der Waals surface area contributed by atoms with E-state index in [9.17, 15) is 4.79 Å². The number of nitrogens with zero attached hydrogens (tertiary/aromatic N) is 1. The van der Waals surface area contributed by atoms with Crippen molar-refractivity contribution in [1.29, 1.82) is 0 Å². The predicted molar refractivity (Wildman–Crippen MR) is 64.0 cm³/mol. The lowest BCUT2D eigenvalue weighted by atomic mass is 10.2. The number of amides is 1. The first-order valence-corrected chi connectivity index (χ1v) is 5.72. The molecule has 1 atom stereocenters. The normalized spacial score (nSPS) is 11.9. The van der Waals surface area contributed by atoms with Crippen LogP contribution >= 0.6 is 0 Å². The summed E-state index contributed by atoms with van der Waals surface area (Å²) in [6.07, 6.45) is 2.25. The SMILES string of the molecule is CCOc1ncccc1C(=O)NC(CC)CO. The van der Waals surface area contributed by atoms with Gasteiger partial charge in [0, 0.05) is 6.20 Å². The Morgan fingerprint density at radius 3 is 2.94 bits per heavy atom. The van der Waals surface area contributed by atoms with Gasteiger partial charge in [-0.1, -0.05) is 6.92 Å².